The van der Waals surface area contributed by atoms with Crippen LogP contribution >= 0.6 is 0 Å². The largest absolute Gasteiger partial charge is 0.493 e. The van der Waals surface area contributed by atoms with Gasteiger partial charge in [0.1, 0.15) is 11.3 Å². The van der Waals surface area contributed by atoms with E-state index in [0.717, 1.165) is 17.0 Å². The molecule has 3 heterocycles. The van der Waals surface area contributed by atoms with Crippen molar-refractivity contribution in [2.75, 3.05) is 17.7 Å². The maximum atomic E-state index is 12.5. The summed E-state index contributed by atoms with van der Waals surface area (Å²) < 4.78 is 28.8. The average Bonchev–Trinajstić information content (AvgIpc) is 3.22. The minimum Gasteiger partial charge on any atom is -0.493 e. The molecule has 2 aliphatic rings. The number of nitrogens with zero attached hydrogens (tertiary/aromatic N) is 2. The van der Waals surface area contributed by atoms with E-state index in [1.54, 1.807) is 6.92 Å². The van der Waals surface area contributed by atoms with Gasteiger partial charge in [-0.1, -0.05) is 6.07 Å². The summed E-state index contributed by atoms with van der Waals surface area (Å²) in [5.41, 5.74) is 13.2. The Morgan fingerprint density at radius 1 is 1.24 bits per heavy atom. The number of amides is 2. The molecule has 12 heteroatoms. The Balaban J connectivity index is 1.86. The minimum atomic E-state index is -3.87. The topological polar surface area (TPSA) is 193 Å². The third-order valence-electron chi connectivity index (χ3n) is 5.90. The summed E-state index contributed by atoms with van der Waals surface area (Å²) in [4.78, 5) is 33.6. The minimum absolute atomic E-state index is 0.0769. The second-order valence-corrected chi connectivity index (χ2v) is 9.86. The number of carbonyl (C=O) groups is 2. The number of sulfonamides is 1. The number of anilines is 2. The van der Waals surface area contributed by atoms with E-state index in [4.69, 9.17) is 21.3 Å². The lowest BCUT2D eigenvalue weighted by Crippen LogP contribution is -2.48. The van der Waals surface area contributed by atoms with Crippen LogP contribution in [0.25, 0.3) is 0 Å². The fourth-order valence-electron chi connectivity index (χ4n) is 4.27. The highest BCUT2D eigenvalue weighted by molar-refractivity contribution is 7.89. The second kappa shape index (κ2) is 8.12. The number of carbonyl (C=O) groups excluding carboxylic acids is 2. The molecule has 11 nitrogen and oxygen atoms in total. The molecule has 0 radical (unpaired) electrons. The van der Waals surface area contributed by atoms with Crippen LogP contribution in [-0.2, 0) is 27.7 Å². The quantitative estimate of drug-likeness (QED) is 0.439. The first-order valence-electron chi connectivity index (χ1n) is 10.2. The van der Waals surface area contributed by atoms with Crippen LogP contribution in [-0.4, -0.2) is 48.8 Å². The smallest absolute Gasteiger partial charge is 0.252 e. The third kappa shape index (κ3) is 4.26. The van der Waals surface area contributed by atoms with Gasteiger partial charge in [-0.15, -0.1) is 0 Å². The Labute approximate surface area is 190 Å². The molecule has 2 amide bonds. The average molecular weight is 473 g/mol. The van der Waals surface area contributed by atoms with Crippen molar-refractivity contribution in [1.82, 2.24) is 4.98 Å². The second-order valence-electron chi connectivity index (χ2n) is 8.13. The van der Waals surface area contributed by atoms with Crippen LogP contribution in [0.15, 0.2) is 29.4 Å². The highest BCUT2D eigenvalue weighted by Crippen LogP contribution is 2.39. The van der Waals surface area contributed by atoms with Gasteiger partial charge in [0.05, 0.1) is 35.0 Å². The standard InChI is InChI=1S/C21H24N6O5S/c1-11-17-13(9-21(27-11,20(23)29)6-8-33(24,30)31)18(14(10-25-17)19(22)28)26-15-3-2-4-16-12(15)5-7-32-16/h2-4,10H,5-9H2,1H3,(H2,22,28)(H2,23,29)(H,25,26)(H2,24,30,31). The predicted molar refractivity (Wildman–Crippen MR) is 122 cm³/mol. The number of ether oxygens (including phenoxy) is 1. The number of primary amides is 2. The van der Waals surface area contributed by atoms with Crippen LogP contribution in [0.5, 0.6) is 5.75 Å². The van der Waals surface area contributed by atoms with Gasteiger partial charge in [-0.2, -0.15) is 0 Å². The van der Waals surface area contributed by atoms with Gasteiger partial charge in [0.2, 0.25) is 15.9 Å². The molecule has 0 fully saturated rings. The summed E-state index contributed by atoms with van der Waals surface area (Å²) in [5.74, 6) is -1.27. The third-order valence-corrected chi connectivity index (χ3v) is 6.67. The zero-order valence-corrected chi connectivity index (χ0v) is 18.7. The molecule has 2 aromatic rings. The van der Waals surface area contributed by atoms with Gasteiger partial charge in [0, 0.05) is 35.9 Å². The molecule has 1 unspecified atom stereocenters. The fraction of sp³-hybridized carbons (Fsp3) is 0.333. The Morgan fingerprint density at radius 2 is 2.00 bits per heavy atom. The molecule has 0 bridgehead atoms. The molecule has 2 aliphatic heterocycles. The van der Waals surface area contributed by atoms with E-state index >= 15 is 0 Å². The molecule has 0 aliphatic carbocycles. The molecule has 0 spiro atoms. The van der Waals surface area contributed by atoms with Gasteiger partial charge in [-0.3, -0.25) is 19.6 Å². The molecule has 0 saturated heterocycles. The van der Waals surface area contributed by atoms with E-state index in [1.165, 1.54) is 6.20 Å². The van der Waals surface area contributed by atoms with Crippen LogP contribution in [0.3, 0.4) is 0 Å². The van der Waals surface area contributed by atoms with Crippen molar-refractivity contribution in [3.8, 4) is 5.75 Å². The lowest BCUT2D eigenvalue weighted by Gasteiger charge is -2.33. The number of primary sulfonamides is 1. The number of rotatable bonds is 7. The first-order chi connectivity index (χ1) is 15.5. The van der Waals surface area contributed by atoms with Crippen molar-refractivity contribution >= 4 is 38.9 Å². The van der Waals surface area contributed by atoms with E-state index in [9.17, 15) is 18.0 Å². The van der Waals surface area contributed by atoms with Crippen molar-refractivity contribution in [2.24, 2.45) is 21.6 Å². The first-order valence-corrected chi connectivity index (χ1v) is 11.9. The Morgan fingerprint density at radius 3 is 2.67 bits per heavy atom. The molecule has 1 aromatic heterocycles. The van der Waals surface area contributed by atoms with E-state index in [1.807, 2.05) is 18.2 Å². The summed E-state index contributed by atoms with van der Waals surface area (Å²) in [6.45, 7) is 2.18. The highest BCUT2D eigenvalue weighted by Gasteiger charge is 2.42. The van der Waals surface area contributed by atoms with Gasteiger partial charge >= 0.3 is 0 Å². The number of hydrogen-bond donors (Lipinski definition) is 4. The molecule has 33 heavy (non-hydrogen) atoms. The van der Waals surface area contributed by atoms with E-state index in [0.29, 0.717) is 35.7 Å². The molecular weight excluding hydrogens is 448 g/mol. The number of pyridine rings is 1. The maximum absolute atomic E-state index is 12.5. The first kappa shape index (κ1) is 22.7. The number of hydrogen-bond acceptors (Lipinski definition) is 8. The highest BCUT2D eigenvalue weighted by atomic mass is 32.2. The molecule has 174 valence electrons. The van der Waals surface area contributed by atoms with Crippen LogP contribution in [0.1, 0.15) is 40.5 Å². The summed E-state index contributed by atoms with van der Waals surface area (Å²) >= 11 is 0. The summed E-state index contributed by atoms with van der Waals surface area (Å²) in [6, 6.07) is 5.51. The van der Waals surface area contributed by atoms with Crippen LogP contribution < -0.4 is 26.7 Å². The van der Waals surface area contributed by atoms with Crippen molar-refractivity contribution < 1.29 is 22.7 Å². The lowest BCUT2D eigenvalue weighted by molar-refractivity contribution is -0.123. The van der Waals surface area contributed by atoms with Crippen molar-refractivity contribution in [3.05, 3.63) is 46.8 Å². The molecule has 0 saturated carbocycles. The normalized spacial score (nSPS) is 19.2. The molecular formula is C21H24N6O5S. The Kier molecular flexibility index (Phi) is 5.58. The maximum Gasteiger partial charge on any atom is 0.252 e. The number of benzene rings is 1. The molecule has 4 rings (SSSR count). The molecule has 7 N–H and O–H groups in total. The summed E-state index contributed by atoms with van der Waals surface area (Å²) in [7, 11) is -3.87. The number of nitrogens with one attached hydrogen (secondary N) is 1. The fourth-order valence-corrected chi connectivity index (χ4v) is 4.89. The molecule has 1 atom stereocenters. The number of aromatic nitrogens is 1. The lowest BCUT2D eigenvalue weighted by atomic mass is 9.82. The van der Waals surface area contributed by atoms with Gasteiger partial charge < -0.3 is 21.5 Å². The number of fused-ring (bicyclic) bond motifs is 2. The van der Waals surface area contributed by atoms with Crippen LogP contribution in [0.2, 0.25) is 0 Å². The van der Waals surface area contributed by atoms with Gasteiger partial charge in [-0.25, -0.2) is 13.6 Å². The monoisotopic (exact) mass is 472 g/mol. The number of nitrogens with two attached hydrogens (primary N) is 3. The van der Waals surface area contributed by atoms with Crippen molar-refractivity contribution in [1.29, 1.82) is 0 Å². The summed E-state index contributed by atoms with van der Waals surface area (Å²) in [6.07, 6.45) is 1.74. The summed E-state index contributed by atoms with van der Waals surface area (Å²) in [5, 5.41) is 8.44. The van der Waals surface area contributed by atoms with Crippen LogP contribution in [0, 0.1) is 0 Å². The van der Waals surface area contributed by atoms with Gasteiger partial charge in [0.15, 0.2) is 0 Å². The van der Waals surface area contributed by atoms with Gasteiger partial charge in [-0.05, 0) is 25.5 Å². The SMILES string of the molecule is CC1=NC(CCS(N)(=O)=O)(C(N)=O)Cc2c1ncc(C(N)=O)c2Nc1cccc2c1CCO2. The zero-order valence-electron chi connectivity index (χ0n) is 17.9. The van der Waals surface area contributed by atoms with Gasteiger partial charge in [0.25, 0.3) is 5.91 Å². The van der Waals surface area contributed by atoms with E-state index in [2.05, 4.69) is 15.3 Å². The van der Waals surface area contributed by atoms with E-state index < -0.39 is 33.1 Å². The number of aliphatic imine (C=N–C) groups is 1. The Bertz CT molecular complexity index is 1310. The van der Waals surface area contributed by atoms with Crippen LogP contribution in [0.4, 0.5) is 11.4 Å². The van der Waals surface area contributed by atoms with Crippen molar-refractivity contribution in [2.45, 2.75) is 31.7 Å². The van der Waals surface area contributed by atoms with Crippen molar-refractivity contribution in [3.63, 3.8) is 0 Å². The zero-order chi connectivity index (χ0) is 24.0. The predicted octanol–water partition coefficient (Wildman–Crippen LogP) is 0.127. The Hall–Kier alpha value is -3.51. The molecule has 1 aromatic carbocycles. The van der Waals surface area contributed by atoms with E-state index in [-0.39, 0.29) is 18.4 Å².